The molecular formula is C7H9O. The maximum Gasteiger partial charge on any atom is 0.104 e. The summed E-state index contributed by atoms with van der Waals surface area (Å²) in [5, 5.41) is 8.21. The zero-order valence-electron chi connectivity index (χ0n) is 4.72. The lowest BCUT2D eigenvalue weighted by Crippen LogP contribution is -1.74. The molecule has 0 aliphatic heterocycles. The predicted molar refractivity (Wildman–Crippen MR) is 31.9 cm³/mol. The van der Waals surface area contributed by atoms with Crippen molar-refractivity contribution in [2.75, 3.05) is 6.61 Å². The molecule has 0 bridgehead atoms. The van der Waals surface area contributed by atoms with Crippen LogP contribution in [0.2, 0.25) is 0 Å². The van der Waals surface area contributed by atoms with Crippen LogP contribution in [-0.4, -0.2) is 11.7 Å². The topological polar surface area (TPSA) is 20.2 Å². The van der Waals surface area contributed by atoms with Crippen molar-refractivity contribution in [3.05, 3.63) is 6.42 Å². The van der Waals surface area contributed by atoms with Crippen molar-refractivity contribution in [2.45, 2.75) is 12.8 Å². The van der Waals surface area contributed by atoms with Crippen LogP contribution in [0.4, 0.5) is 0 Å². The normalized spacial score (nSPS) is 17.1. The quantitative estimate of drug-likeness (QED) is 0.489. The molecule has 0 saturated heterocycles. The summed E-state index contributed by atoms with van der Waals surface area (Å²) in [4.78, 5) is 0. The van der Waals surface area contributed by atoms with Gasteiger partial charge >= 0.3 is 0 Å². The van der Waals surface area contributed by atoms with Crippen LogP contribution in [0.15, 0.2) is 0 Å². The summed E-state index contributed by atoms with van der Waals surface area (Å²) >= 11 is 0. The third-order valence-corrected chi connectivity index (χ3v) is 1.12. The molecule has 0 amide bonds. The minimum atomic E-state index is -0.0107. The third kappa shape index (κ3) is 1.99. The molecule has 1 radical (unpaired) electrons. The molecular weight excluding hydrogens is 100 g/mol. The Morgan fingerprint density at radius 1 is 1.62 bits per heavy atom. The first kappa shape index (κ1) is 5.65. The lowest BCUT2D eigenvalue weighted by atomic mass is 10.3. The van der Waals surface area contributed by atoms with Crippen LogP contribution in [-0.2, 0) is 0 Å². The molecule has 0 heterocycles. The van der Waals surface area contributed by atoms with E-state index in [4.69, 9.17) is 5.11 Å². The fourth-order valence-electron chi connectivity index (χ4n) is 0.485. The first-order valence-corrected chi connectivity index (χ1v) is 2.86. The van der Waals surface area contributed by atoms with Crippen molar-refractivity contribution in [3.8, 4) is 11.8 Å². The van der Waals surface area contributed by atoms with Gasteiger partial charge in [-0.3, -0.25) is 0 Å². The average molecular weight is 109 g/mol. The number of aliphatic hydroxyl groups is 1. The first-order valence-electron chi connectivity index (χ1n) is 2.86. The Morgan fingerprint density at radius 3 is 2.88 bits per heavy atom. The molecule has 1 rings (SSSR count). The molecule has 0 spiro atoms. The average Bonchev–Trinajstić information content (AvgIpc) is 2.51. The molecule has 0 aromatic rings. The van der Waals surface area contributed by atoms with Crippen molar-refractivity contribution >= 4 is 0 Å². The Hall–Kier alpha value is -0.480. The van der Waals surface area contributed by atoms with E-state index in [-0.39, 0.29) is 6.61 Å². The highest BCUT2D eigenvalue weighted by atomic mass is 16.2. The summed E-state index contributed by atoms with van der Waals surface area (Å²) in [5.74, 6) is 6.09. The maximum atomic E-state index is 8.21. The van der Waals surface area contributed by atoms with E-state index in [0.717, 1.165) is 5.92 Å². The molecule has 1 nitrogen and oxygen atoms in total. The van der Waals surface area contributed by atoms with Gasteiger partial charge < -0.3 is 5.11 Å². The van der Waals surface area contributed by atoms with Gasteiger partial charge in [-0.1, -0.05) is 11.8 Å². The Morgan fingerprint density at radius 2 is 2.38 bits per heavy atom. The molecule has 43 valence electrons. The molecule has 1 saturated carbocycles. The molecule has 1 aliphatic rings. The second kappa shape index (κ2) is 2.74. The number of hydrogen-bond acceptors (Lipinski definition) is 1. The van der Waals surface area contributed by atoms with E-state index < -0.39 is 0 Å². The SMILES string of the molecule is OCC#C[CH]C1CC1. The van der Waals surface area contributed by atoms with Gasteiger partial charge in [0.1, 0.15) is 6.61 Å². The van der Waals surface area contributed by atoms with E-state index in [9.17, 15) is 0 Å². The minimum Gasteiger partial charge on any atom is -0.384 e. The number of rotatable bonds is 1. The Labute approximate surface area is 49.7 Å². The lowest BCUT2D eigenvalue weighted by Gasteiger charge is -1.76. The monoisotopic (exact) mass is 109 g/mol. The van der Waals surface area contributed by atoms with Crippen LogP contribution in [0.25, 0.3) is 0 Å². The van der Waals surface area contributed by atoms with Gasteiger partial charge in [0.25, 0.3) is 0 Å². The van der Waals surface area contributed by atoms with E-state index in [0.29, 0.717) is 0 Å². The highest BCUT2D eigenvalue weighted by Crippen LogP contribution is 2.30. The zero-order valence-corrected chi connectivity index (χ0v) is 4.72. The van der Waals surface area contributed by atoms with E-state index in [1.165, 1.54) is 12.8 Å². The van der Waals surface area contributed by atoms with Crippen molar-refractivity contribution in [2.24, 2.45) is 5.92 Å². The first-order chi connectivity index (χ1) is 3.93. The van der Waals surface area contributed by atoms with Crippen LogP contribution < -0.4 is 0 Å². The molecule has 1 N–H and O–H groups in total. The van der Waals surface area contributed by atoms with Gasteiger partial charge in [0.15, 0.2) is 0 Å². The molecule has 8 heavy (non-hydrogen) atoms. The van der Waals surface area contributed by atoms with E-state index in [1.807, 2.05) is 6.42 Å². The van der Waals surface area contributed by atoms with Crippen LogP contribution in [0.3, 0.4) is 0 Å². The molecule has 1 aliphatic carbocycles. The van der Waals surface area contributed by atoms with Gasteiger partial charge in [-0.15, -0.1) is 0 Å². The fraction of sp³-hybridized carbons (Fsp3) is 0.571. The van der Waals surface area contributed by atoms with E-state index in [2.05, 4.69) is 11.8 Å². The summed E-state index contributed by atoms with van der Waals surface area (Å²) in [6, 6.07) is 0. The highest BCUT2D eigenvalue weighted by Gasteiger charge is 2.19. The zero-order chi connectivity index (χ0) is 5.82. The molecule has 1 heteroatoms. The Kier molecular flexibility index (Phi) is 1.93. The van der Waals surface area contributed by atoms with Gasteiger partial charge in [-0.25, -0.2) is 0 Å². The lowest BCUT2D eigenvalue weighted by molar-refractivity contribution is 0.350. The van der Waals surface area contributed by atoms with E-state index >= 15 is 0 Å². The van der Waals surface area contributed by atoms with Gasteiger partial charge in [-0.05, 0) is 18.8 Å². The number of aliphatic hydroxyl groups excluding tert-OH is 1. The van der Waals surface area contributed by atoms with Crippen LogP contribution >= 0.6 is 0 Å². The molecule has 0 aromatic carbocycles. The standard InChI is InChI=1S/C7H9O/c8-6-2-1-3-7-4-5-7/h3,7-8H,4-6H2. The van der Waals surface area contributed by atoms with E-state index in [1.54, 1.807) is 0 Å². The fourth-order valence-corrected chi connectivity index (χ4v) is 0.485. The minimum absolute atomic E-state index is 0.0107. The summed E-state index contributed by atoms with van der Waals surface area (Å²) < 4.78 is 0. The molecule has 0 aromatic heterocycles. The summed E-state index contributed by atoms with van der Waals surface area (Å²) in [7, 11) is 0. The second-order valence-electron chi connectivity index (χ2n) is 1.98. The predicted octanol–water partition coefficient (Wildman–Crippen LogP) is 0.596. The van der Waals surface area contributed by atoms with Crippen molar-refractivity contribution < 1.29 is 5.11 Å². The highest BCUT2D eigenvalue weighted by molar-refractivity contribution is 5.14. The Balaban J connectivity index is 2.01. The van der Waals surface area contributed by atoms with Crippen molar-refractivity contribution in [1.29, 1.82) is 0 Å². The maximum absolute atomic E-state index is 8.21. The third-order valence-electron chi connectivity index (χ3n) is 1.12. The number of hydrogen-bond donors (Lipinski definition) is 1. The molecule has 1 fully saturated rings. The van der Waals surface area contributed by atoms with Gasteiger partial charge in [0.2, 0.25) is 0 Å². The summed E-state index contributed by atoms with van der Waals surface area (Å²) in [6.45, 7) is -0.0107. The largest absolute Gasteiger partial charge is 0.384 e. The summed E-state index contributed by atoms with van der Waals surface area (Å²) in [5.41, 5.74) is 0. The summed E-state index contributed by atoms with van der Waals surface area (Å²) in [6.07, 6.45) is 4.55. The molecule has 0 unspecified atom stereocenters. The Bertz CT molecular complexity index is 114. The van der Waals surface area contributed by atoms with Crippen LogP contribution in [0, 0.1) is 24.2 Å². The molecule has 0 atom stereocenters. The van der Waals surface area contributed by atoms with Crippen LogP contribution in [0.5, 0.6) is 0 Å². The van der Waals surface area contributed by atoms with Gasteiger partial charge in [0, 0.05) is 6.42 Å². The smallest absolute Gasteiger partial charge is 0.104 e. The van der Waals surface area contributed by atoms with Crippen molar-refractivity contribution in [3.63, 3.8) is 0 Å². The van der Waals surface area contributed by atoms with Gasteiger partial charge in [0.05, 0.1) is 0 Å². The van der Waals surface area contributed by atoms with Crippen molar-refractivity contribution in [1.82, 2.24) is 0 Å². The van der Waals surface area contributed by atoms with Crippen LogP contribution in [0.1, 0.15) is 12.8 Å². The van der Waals surface area contributed by atoms with Gasteiger partial charge in [-0.2, -0.15) is 0 Å². The second-order valence-corrected chi connectivity index (χ2v) is 1.98.